The number of allylic oxidation sites excluding steroid dienone is 1. The summed E-state index contributed by atoms with van der Waals surface area (Å²) in [6.45, 7) is 13.7. The standard InChI is InChI=1S/C25H35F3N4O.C2H6/c1-4-6-23(29-17-19(3)25(26,27)28)32-12-11-22(18-32)30-13-15-31(16-14-30)24(33)21-9-7-20(5-2)8-10-21;1-2/h6-10,17,19,22H,4-5,11-16,18H2,1-3H3;1-2H3/b23-6+,29-17-;. The number of nitrogens with zero attached hydrogens (tertiary/aromatic N) is 4. The molecule has 2 fully saturated rings. The van der Waals surface area contributed by atoms with Gasteiger partial charge < -0.3 is 9.80 Å². The second kappa shape index (κ2) is 13.7. The highest BCUT2D eigenvalue weighted by Crippen LogP contribution is 2.26. The predicted octanol–water partition coefficient (Wildman–Crippen LogP) is 5.63. The van der Waals surface area contributed by atoms with Crippen LogP contribution in [0.5, 0.6) is 0 Å². The summed E-state index contributed by atoms with van der Waals surface area (Å²) in [4.78, 5) is 23.4. The zero-order valence-electron chi connectivity index (χ0n) is 21.8. The minimum atomic E-state index is -4.27. The van der Waals surface area contributed by atoms with Gasteiger partial charge in [-0.1, -0.05) is 39.8 Å². The van der Waals surface area contributed by atoms with Gasteiger partial charge in [0.05, 0.1) is 5.92 Å². The minimum absolute atomic E-state index is 0.0756. The molecule has 2 aliphatic rings. The molecule has 0 saturated carbocycles. The number of aliphatic imine (C=N–C) groups is 1. The number of benzene rings is 1. The molecule has 0 aliphatic carbocycles. The monoisotopic (exact) mass is 494 g/mol. The van der Waals surface area contributed by atoms with Crippen molar-refractivity contribution in [2.75, 3.05) is 39.3 Å². The summed E-state index contributed by atoms with van der Waals surface area (Å²) in [5.41, 5.74) is 1.95. The average Bonchev–Trinajstić information content (AvgIpc) is 3.37. The SMILES string of the molecule is CC.CC/C=C(\N=C/C(C)C(F)(F)F)N1CCC(N2CCN(C(=O)c3ccc(CC)cc3)CC2)C1. The van der Waals surface area contributed by atoms with E-state index in [2.05, 4.69) is 21.7 Å². The number of likely N-dealkylation sites (tertiary alicyclic amines) is 1. The van der Waals surface area contributed by atoms with Gasteiger partial charge in [0.1, 0.15) is 5.82 Å². The van der Waals surface area contributed by atoms with E-state index in [-0.39, 0.29) is 5.91 Å². The zero-order chi connectivity index (χ0) is 26.0. The van der Waals surface area contributed by atoms with Crippen molar-refractivity contribution in [1.29, 1.82) is 0 Å². The summed E-state index contributed by atoms with van der Waals surface area (Å²) < 4.78 is 38.5. The molecule has 2 aliphatic heterocycles. The Bertz CT molecular complexity index is 843. The van der Waals surface area contributed by atoms with Crippen molar-refractivity contribution in [3.05, 3.63) is 47.3 Å². The fourth-order valence-electron chi connectivity index (χ4n) is 4.32. The van der Waals surface area contributed by atoms with Crippen molar-refractivity contribution < 1.29 is 18.0 Å². The molecule has 0 N–H and O–H groups in total. The number of hydrogen-bond donors (Lipinski definition) is 0. The van der Waals surface area contributed by atoms with Crippen LogP contribution in [-0.2, 0) is 6.42 Å². The Balaban J connectivity index is 0.00000210. The first-order valence-electron chi connectivity index (χ1n) is 12.9. The number of piperazine rings is 1. The van der Waals surface area contributed by atoms with E-state index in [1.807, 2.05) is 56.0 Å². The highest BCUT2D eigenvalue weighted by molar-refractivity contribution is 5.94. The average molecular weight is 495 g/mol. The Hall–Kier alpha value is -2.35. The summed E-state index contributed by atoms with van der Waals surface area (Å²) in [6, 6.07) is 8.15. The summed E-state index contributed by atoms with van der Waals surface area (Å²) >= 11 is 0. The van der Waals surface area contributed by atoms with Crippen LogP contribution in [0.3, 0.4) is 0 Å². The predicted molar refractivity (Wildman–Crippen MR) is 137 cm³/mol. The van der Waals surface area contributed by atoms with E-state index in [4.69, 9.17) is 0 Å². The topological polar surface area (TPSA) is 39.1 Å². The van der Waals surface area contributed by atoms with Crippen LogP contribution in [0.25, 0.3) is 0 Å². The van der Waals surface area contributed by atoms with Crippen LogP contribution in [-0.4, -0.2) is 78.3 Å². The molecule has 1 aromatic rings. The summed E-state index contributed by atoms with van der Waals surface area (Å²) in [7, 11) is 0. The summed E-state index contributed by atoms with van der Waals surface area (Å²) in [5, 5.41) is 0. The lowest BCUT2D eigenvalue weighted by molar-refractivity contribution is -0.149. The second-order valence-electron chi connectivity index (χ2n) is 8.85. The van der Waals surface area contributed by atoms with Crippen LogP contribution in [0.4, 0.5) is 13.2 Å². The lowest BCUT2D eigenvalue weighted by Gasteiger charge is -2.38. The van der Waals surface area contributed by atoms with E-state index in [1.54, 1.807) is 0 Å². The van der Waals surface area contributed by atoms with E-state index in [0.717, 1.165) is 57.7 Å². The third kappa shape index (κ3) is 8.09. The zero-order valence-corrected chi connectivity index (χ0v) is 21.8. The van der Waals surface area contributed by atoms with Crippen molar-refractivity contribution in [3.63, 3.8) is 0 Å². The molecule has 8 heteroatoms. The molecule has 0 radical (unpaired) electrons. The normalized spacial score (nSPS) is 20.7. The summed E-state index contributed by atoms with van der Waals surface area (Å²) in [6.07, 6.45) is 1.23. The molecule has 1 aromatic carbocycles. The molecule has 3 rings (SSSR count). The van der Waals surface area contributed by atoms with Crippen LogP contribution >= 0.6 is 0 Å². The molecule has 2 saturated heterocycles. The Kier molecular flexibility index (Phi) is 11.3. The lowest BCUT2D eigenvalue weighted by atomic mass is 10.1. The van der Waals surface area contributed by atoms with E-state index in [9.17, 15) is 18.0 Å². The maximum Gasteiger partial charge on any atom is 0.396 e. The molecule has 2 heterocycles. The van der Waals surface area contributed by atoms with Gasteiger partial charge in [-0.2, -0.15) is 13.2 Å². The van der Waals surface area contributed by atoms with Gasteiger partial charge in [0.2, 0.25) is 0 Å². The molecule has 5 nitrogen and oxygen atoms in total. The van der Waals surface area contributed by atoms with Crippen molar-refractivity contribution >= 4 is 12.1 Å². The molecular weight excluding hydrogens is 453 g/mol. The van der Waals surface area contributed by atoms with Gasteiger partial charge in [0, 0.05) is 57.1 Å². The van der Waals surface area contributed by atoms with Gasteiger partial charge in [-0.3, -0.25) is 9.69 Å². The van der Waals surface area contributed by atoms with Crippen LogP contribution in [0.2, 0.25) is 0 Å². The first-order valence-corrected chi connectivity index (χ1v) is 12.9. The molecule has 0 spiro atoms. The van der Waals surface area contributed by atoms with E-state index < -0.39 is 12.1 Å². The van der Waals surface area contributed by atoms with Gasteiger partial charge >= 0.3 is 6.18 Å². The van der Waals surface area contributed by atoms with Crippen LogP contribution in [0.1, 0.15) is 63.4 Å². The molecule has 2 atom stereocenters. The van der Waals surface area contributed by atoms with E-state index in [1.165, 1.54) is 5.56 Å². The fraction of sp³-hybridized carbons (Fsp3) is 0.630. The lowest BCUT2D eigenvalue weighted by Crippen LogP contribution is -2.52. The van der Waals surface area contributed by atoms with Gasteiger partial charge in [-0.05, 0) is 50.0 Å². The van der Waals surface area contributed by atoms with Gasteiger partial charge in [0.25, 0.3) is 5.91 Å². The van der Waals surface area contributed by atoms with Crippen LogP contribution in [0, 0.1) is 5.92 Å². The Morgan fingerprint density at radius 2 is 1.69 bits per heavy atom. The number of carbonyl (C=O) groups is 1. The number of halogens is 3. The molecule has 0 bridgehead atoms. The van der Waals surface area contributed by atoms with Crippen molar-refractivity contribution in [1.82, 2.24) is 14.7 Å². The van der Waals surface area contributed by atoms with E-state index in [0.29, 0.717) is 31.4 Å². The third-order valence-electron chi connectivity index (χ3n) is 6.55. The van der Waals surface area contributed by atoms with Crippen LogP contribution < -0.4 is 0 Å². The Labute approximate surface area is 208 Å². The second-order valence-corrected chi connectivity index (χ2v) is 8.85. The summed E-state index contributed by atoms with van der Waals surface area (Å²) in [5.74, 6) is -0.868. The Morgan fingerprint density at radius 1 is 1.06 bits per heavy atom. The maximum atomic E-state index is 12.8. The highest BCUT2D eigenvalue weighted by atomic mass is 19.4. The number of rotatable bonds is 7. The number of amides is 1. The largest absolute Gasteiger partial charge is 0.396 e. The number of carbonyl (C=O) groups excluding carboxylic acids is 1. The van der Waals surface area contributed by atoms with Crippen molar-refractivity contribution in [2.24, 2.45) is 10.9 Å². The quantitative estimate of drug-likeness (QED) is 0.462. The molecule has 0 aromatic heterocycles. The van der Waals surface area contributed by atoms with Gasteiger partial charge in [-0.25, -0.2) is 4.99 Å². The van der Waals surface area contributed by atoms with Crippen molar-refractivity contribution in [3.8, 4) is 0 Å². The molecule has 1 amide bonds. The maximum absolute atomic E-state index is 12.8. The minimum Gasteiger partial charge on any atom is -0.355 e. The highest BCUT2D eigenvalue weighted by Gasteiger charge is 2.35. The van der Waals surface area contributed by atoms with E-state index >= 15 is 0 Å². The molecular formula is C27H41F3N4O. The van der Waals surface area contributed by atoms with Crippen molar-refractivity contribution in [2.45, 2.75) is 66.1 Å². The molecule has 196 valence electrons. The first kappa shape index (κ1) is 28.9. The van der Waals surface area contributed by atoms with Crippen LogP contribution in [0.15, 0.2) is 41.2 Å². The number of hydrogen-bond acceptors (Lipinski definition) is 4. The van der Waals surface area contributed by atoms with Gasteiger partial charge in [-0.15, -0.1) is 0 Å². The van der Waals surface area contributed by atoms with Gasteiger partial charge in [0.15, 0.2) is 0 Å². The smallest absolute Gasteiger partial charge is 0.355 e. The number of alkyl halides is 3. The molecule has 2 unspecified atom stereocenters. The first-order chi connectivity index (χ1) is 16.7. The number of aryl methyl sites for hydroxylation is 1. The fourth-order valence-corrected chi connectivity index (χ4v) is 4.32. The Morgan fingerprint density at radius 3 is 2.23 bits per heavy atom. The molecule has 35 heavy (non-hydrogen) atoms. The third-order valence-corrected chi connectivity index (χ3v) is 6.55.